The van der Waals surface area contributed by atoms with Gasteiger partial charge in [-0.15, -0.1) is 0 Å². The lowest BCUT2D eigenvalue weighted by molar-refractivity contribution is 0.0311. The van der Waals surface area contributed by atoms with Crippen molar-refractivity contribution in [3.63, 3.8) is 0 Å². The van der Waals surface area contributed by atoms with Crippen LogP contribution in [-0.4, -0.2) is 33.8 Å². The van der Waals surface area contributed by atoms with Crippen molar-refractivity contribution < 1.29 is 14.6 Å². The van der Waals surface area contributed by atoms with Gasteiger partial charge < -0.3 is 14.4 Å². The Morgan fingerprint density at radius 1 is 1.42 bits per heavy atom. The number of nitrogens with zero attached hydrogens (tertiary/aromatic N) is 2. The van der Waals surface area contributed by atoms with Crippen LogP contribution in [0.15, 0.2) is 24.5 Å². The number of para-hydroxylation sites is 1. The van der Waals surface area contributed by atoms with E-state index in [9.17, 15) is 9.90 Å². The molecule has 0 radical (unpaired) electrons. The number of aromatic nitrogens is 2. The van der Waals surface area contributed by atoms with Gasteiger partial charge in [-0.2, -0.15) is 0 Å². The smallest absolute Gasteiger partial charge is 0.337 e. The fourth-order valence-electron chi connectivity index (χ4n) is 2.70. The molecule has 1 aromatic carbocycles. The third-order valence-corrected chi connectivity index (χ3v) is 3.95. The van der Waals surface area contributed by atoms with E-state index in [1.54, 1.807) is 18.5 Å². The Morgan fingerprint density at radius 2 is 2.16 bits per heavy atom. The summed E-state index contributed by atoms with van der Waals surface area (Å²) < 4.78 is 7.41. The molecule has 3 rings (SSSR count). The van der Waals surface area contributed by atoms with E-state index in [0.717, 1.165) is 18.4 Å². The zero-order valence-electron chi connectivity index (χ0n) is 10.8. The number of carboxylic acid groups (broad SMARTS) is 1. The zero-order chi connectivity index (χ0) is 13.5. The minimum Gasteiger partial charge on any atom is -0.478 e. The van der Waals surface area contributed by atoms with E-state index in [1.807, 2.05) is 10.6 Å². The van der Waals surface area contributed by atoms with E-state index in [1.165, 1.54) is 0 Å². The van der Waals surface area contributed by atoms with Crippen molar-refractivity contribution in [2.24, 2.45) is 0 Å². The fraction of sp³-hybridized carbons (Fsp3) is 0.429. The molecule has 1 aromatic heterocycles. The average molecular weight is 260 g/mol. The second-order valence-corrected chi connectivity index (χ2v) is 5.20. The molecule has 0 unspecified atom stereocenters. The maximum Gasteiger partial charge on any atom is 0.337 e. The topological polar surface area (TPSA) is 64.4 Å². The van der Waals surface area contributed by atoms with Gasteiger partial charge in [0.05, 0.1) is 22.9 Å². The van der Waals surface area contributed by atoms with E-state index in [0.29, 0.717) is 24.3 Å². The molecule has 1 fully saturated rings. The van der Waals surface area contributed by atoms with Crippen LogP contribution >= 0.6 is 0 Å². The Balaban J connectivity index is 2.21. The predicted molar refractivity (Wildman–Crippen MR) is 70.4 cm³/mol. The molecule has 0 amide bonds. The lowest BCUT2D eigenvalue weighted by Crippen LogP contribution is -2.36. The lowest BCUT2D eigenvalue weighted by Gasteiger charge is -2.35. The summed E-state index contributed by atoms with van der Waals surface area (Å²) in [6, 6.07) is 5.21. The monoisotopic (exact) mass is 260 g/mol. The molecule has 1 saturated heterocycles. The van der Waals surface area contributed by atoms with Crippen LogP contribution in [0.3, 0.4) is 0 Å². The van der Waals surface area contributed by atoms with Gasteiger partial charge in [-0.25, -0.2) is 9.78 Å². The Kier molecular flexibility index (Phi) is 2.78. The van der Waals surface area contributed by atoms with Gasteiger partial charge in [-0.1, -0.05) is 6.07 Å². The van der Waals surface area contributed by atoms with Crippen LogP contribution in [0.4, 0.5) is 0 Å². The van der Waals surface area contributed by atoms with Crippen molar-refractivity contribution in [1.29, 1.82) is 0 Å². The number of fused-ring (bicyclic) bond motifs is 1. The maximum absolute atomic E-state index is 11.4. The normalized spacial score (nSPS) is 18.6. The van der Waals surface area contributed by atoms with Gasteiger partial charge in [0.25, 0.3) is 0 Å². The molecule has 1 aliphatic heterocycles. The minimum absolute atomic E-state index is 0.126. The molecule has 100 valence electrons. The Bertz CT molecular complexity index is 627. The fourth-order valence-corrected chi connectivity index (χ4v) is 2.70. The van der Waals surface area contributed by atoms with Crippen molar-refractivity contribution in [2.45, 2.75) is 25.3 Å². The number of imidazole rings is 1. The van der Waals surface area contributed by atoms with Crippen LogP contribution in [0.25, 0.3) is 11.0 Å². The zero-order valence-corrected chi connectivity index (χ0v) is 10.8. The Morgan fingerprint density at radius 3 is 2.84 bits per heavy atom. The molecule has 0 spiro atoms. The molecule has 2 heterocycles. The van der Waals surface area contributed by atoms with Crippen LogP contribution in [0.1, 0.15) is 30.1 Å². The van der Waals surface area contributed by atoms with Gasteiger partial charge in [0, 0.05) is 18.8 Å². The SMILES string of the molecule is CC1(n2cnc3cccc(C(=O)O)c32)CCOCC1. The molecule has 5 nitrogen and oxygen atoms in total. The predicted octanol–water partition coefficient (Wildman–Crippen LogP) is 2.26. The van der Waals surface area contributed by atoms with Gasteiger partial charge in [-0.05, 0) is 31.9 Å². The maximum atomic E-state index is 11.4. The van der Waals surface area contributed by atoms with E-state index in [-0.39, 0.29) is 5.54 Å². The lowest BCUT2D eigenvalue weighted by atomic mass is 9.91. The summed E-state index contributed by atoms with van der Waals surface area (Å²) in [7, 11) is 0. The van der Waals surface area contributed by atoms with Gasteiger partial charge in [0.1, 0.15) is 0 Å². The summed E-state index contributed by atoms with van der Waals surface area (Å²) in [5, 5.41) is 9.34. The summed E-state index contributed by atoms with van der Waals surface area (Å²) >= 11 is 0. The number of benzene rings is 1. The van der Waals surface area contributed by atoms with Crippen LogP contribution < -0.4 is 0 Å². The quantitative estimate of drug-likeness (QED) is 0.899. The number of aromatic carboxylic acids is 1. The Labute approximate surface area is 110 Å². The van der Waals surface area contributed by atoms with Crippen molar-refractivity contribution in [2.75, 3.05) is 13.2 Å². The molecule has 5 heteroatoms. The number of hydrogen-bond acceptors (Lipinski definition) is 3. The van der Waals surface area contributed by atoms with E-state index in [4.69, 9.17) is 4.74 Å². The summed E-state index contributed by atoms with van der Waals surface area (Å²) in [5.41, 5.74) is 1.62. The molecule has 0 saturated carbocycles. The first-order valence-electron chi connectivity index (χ1n) is 6.39. The Hall–Kier alpha value is -1.88. The highest BCUT2D eigenvalue weighted by Gasteiger charge is 2.31. The van der Waals surface area contributed by atoms with Gasteiger partial charge in [-0.3, -0.25) is 0 Å². The molecule has 1 aliphatic rings. The number of hydrogen-bond donors (Lipinski definition) is 1. The summed E-state index contributed by atoms with van der Waals surface area (Å²) in [6.45, 7) is 3.53. The minimum atomic E-state index is -0.914. The number of carbonyl (C=O) groups is 1. The molecule has 0 bridgehead atoms. The van der Waals surface area contributed by atoms with E-state index >= 15 is 0 Å². The van der Waals surface area contributed by atoms with Crippen molar-refractivity contribution in [3.8, 4) is 0 Å². The molecule has 19 heavy (non-hydrogen) atoms. The van der Waals surface area contributed by atoms with E-state index in [2.05, 4.69) is 11.9 Å². The largest absolute Gasteiger partial charge is 0.478 e. The van der Waals surface area contributed by atoms with E-state index < -0.39 is 5.97 Å². The molecule has 0 aliphatic carbocycles. The van der Waals surface area contributed by atoms with Crippen LogP contribution in [0.5, 0.6) is 0 Å². The first-order chi connectivity index (χ1) is 9.12. The third-order valence-electron chi connectivity index (χ3n) is 3.95. The third kappa shape index (κ3) is 1.90. The van der Waals surface area contributed by atoms with Crippen molar-refractivity contribution >= 4 is 17.0 Å². The van der Waals surface area contributed by atoms with Crippen LogP contribution in [0, 0.1) is 0 Å². The number of rotatable bonds is 2. The first kappa shape index (κ1) is 12.2. The second-order valence-electron chi connectivity index (χ2n) is 5.20. The summed E-state index contributed by atoms with van der Waals surface area (Å²) in [6.07, 6.45) is 3.49. The number of carboxylic acids is 1. The molecular weight excluding hydrogens is 244 g/mol. The highest BCUT2D eigenvalue weighted by Crippen LogP contribution is 2.33. The summed E-state index contributed by atoms with van der Waals surface area (Å²) in [5.74, 6) is -0.914. The highest BCUT2D eigenvalue weighted by molar-refractivity contribution is 6.01. The molecule has 0 atom stereocenters. The number of ether oxygens (including phenoxy) is 1. The molecule has 1 N–H and O–H groups in total. The standard InChI is InChI=1S/C14H16N2O3/c1-14(5-7-19-8-6-14)16-9-15-11-4-2-3-10(12(11)16)13(17)18/h2-4,9H,5-8H2,1H3,(H,17,18). The first-order valence-corrected chi connectivity index (χ1v) is 6.39. The van der Waals surface area contributed by atoms with Gasteiger partial charge in [0.2, 0.25) is 0 Å². The summed E-state index contributed by atoms with van der Waals surface area (Å²) in [4.78, 5) is 15.7. The van der Waals surface area contributed by atoms with Gasteiger partial charge >= 0.3 is 5.97 Å². The van der Waals surface area contributed by atoms with Crippen LogP contribution in [-0.2, 0) is 10.3 Å². The average Bonchev–Trinajstić information content (AvgIpc) is 2.83. The van der Waals surface area contributed by atoms with Crippen molar-refractivity contribution in [3.05, 3.63) is 30.1 Å². The van der Waals surface area contributed by atoms with Crippen molar-refractivity contribution in [1.82, 2.24) is 9.55 Å². The van der Waals surface area contributed by atoms with Crippen LogP contribution in [0.2, 0.25) is 0 Å². The highest BCUT2D eigenvalue weighted by atomic mass is 16.5. The molecular formula is C14H16N2O3. The molecule has 2 aromatic rings. The second kappa shape index (κ2) is 4.35. The van der Waals surface area contributed by atoms with Gasteiger partial charge in [0.15, 0.2) is 0 Å².